The molecule has 10 nitrogen and oxygen atoms in total. The fourth-order valence-corrected chi connectivity index (χ4v) is 6.33. The fourth-order valence-electron chi connectivity index (χ4n) is 4.93. The lowest BCUT2D eigenvalue weighted by Gasteiger charge is -2.30. The van der Waals surface area contributed by atoms with E-state index in [4.69, 9.17) is 24.3 Å². The molecule has 2 N–H and O–H groups in total. The molecule has 3 heterocycles. The predicted molar refractivity (Wildman–Crippen MR) is 143 cm³/mol. The summed E-state index contributed by atoms with van der Waals surface area (Å²) in [7, 11) is -1.71. The summed E-state index contributed by atoms with van der Waals surface area (Å²) in [5.41, 5.74) is 8.77. The first kappa shape index (κ1) is 27.3. The molecule has 0 aliphatic heterocycles. The van der Waals surface area contributed by atoms with Crippen molar-refractivity contribution in [1.29, 1.82) is 0 Å². The van der Waals surface area contributed by atoms with Crippen molar-refractivity contribution in [3.63, 3.8) is 0 Å². The minimum absolute atomic E-state index is 0.0276. The maximum absolute atomic E-state index is 13.9. The molecule has 200 valence electrons. The average molecular weight is 531 g/mol. The molecule has 1 fully saturated rings. The molecule has 0 atom stereocenters. The lowest BCUT2D eigenvalue weighted by Crippen LogP contribution is -2.29. The maximum atomic E-state index is 13.9. The van der Waals surface area contributed by atoms with Gasteiger partial charge in [-0.15, -0.1) is 0 Å². The van der Waals surface area contributed by atoms with Gasteiger partial charge in [0.05, 0.1) is 50.0 Å². The van der Waals surface area contributed by atoms with Crippen LogP contribution in [0.25, 0.3) is 16.6 Å². The number of hydrogen-bond donors (Lipinski definition) is 1. The van der Waals surface area contributed by atoms with Crippen molar-refractivity contribution in [2.75, 3.05) is 32.4 Å². The van der Waals surface area contributed by atoms with Crippen molar-refractivity contribution in [1.82, 2.24) is 14.5 Å². The van der Waals surface area contributed by atoms with Gasteiger partial charge < -0.3 is 24.3 Å². The zero-order chi connectivity index (χ0) is 26.6. The van der Waals surface area contributed by atoms with Gasteiger partial charge in [0.1, 0.15) is 17.9 Å². The van der Waals surface area contributed by atoms with Gasteiger partial charge in [0.15, 0.2) is 0 Å². The van der Waals surface area contributed by atoms with Crippen LogP contribution >= 0.6 is 7.60 Å². The molecule has 0 bridgehead atoms. The Balaban J connectivity index is 1.64. The topological polar surface area (TPSA) is 128 Å². The van der Waals surface area contributed by atoms with Gasteiger partial charge in [-0.1, -0.05) is 0 Å². The van der Waals surface area contributed by atoms with Gasteiger partial charge >= 0.3 is 7.60 Å². The van der Waals surface area contributed by atoms with E-state index >= 15 is 0 Å². The molecular weight excluding hydrogens is 495 g/mol. The summed E-state index contributed by atoms with van der Waals surface area (Å²) in [6.07, 6.45) is 7.72. The van der Waals surface area contributed by atoms with Crippen molar-refractivity contribution in [2.24, 2.45) is 0 Å². The summed E-state index contributed by atoms with van der Waals surface area (Å²) in [5, 5.41) is 0.861. The zero-order valence-corrected chi connectivity index (χ0v) is 22.7. The molecular formula is C26H35N4O6P. The molecule has 0 amide bonds. The zero-order valence-electron chi connectivity index (χ0n) is 21.8. The third kappa shape index (κ3) is 6.04. The van der Waals surface area contributed by atoms with Crippen LogP contribution in [0.2, 0.25) is 0 Å². The van der Waals surface area contributed by atoms with Crippen LogP contribution in [-0.2, 0) is 18.3 Å². The quantitative estimate of drug-likeness (QED) is 0.362. The monoisotopic (exact) mass is 530 g/mol. The second-order valence-corrected chi connectivity index (χ2v) is 11.1. The first-order valence-corrected chi connectivity index (χ1v) is 14.3. The number of fused-ring (bicyclic) bond motifs is 1. The largest absolute Gasteiger partial charge is 0.495 e. The highest BCUT2D eigenvalue weighted by molar-refractivity contribution is 7.53. The number of rotatable bonds is 10. The molecule has 0 aromatic carbocycles. The van der Waals surface area contributed by atoms with Crippen LogP contribution in [0.5, 0.6) is 5.75 Å². The van der Waals surface area contributed by atoms with Crippen molar-refractivity contribution in [2.45, 2.75) is 58.5 Å². The van der Waals surface area contributed by atoms with Crippen LogP contribution in [-0.4, -0.2) is 47.3 Å². The summed E-state index contributed by atoms with van der Waals surface area (Å²) in [6.45, 7) is 6.09. The summed E-state index contributed by atoms with van der Waals surface area (Å²) < 4.78 is 36.3. The Morgan fingerprint density at radius 2 is 1.81 bits per heavy atom. The first-order valence-electron chi connectivity index (χ1n) is 12.6. The normalized spacial score (nSPS) is 18.3. The SMILES string of the molecule is CCOP(=O)(COC1CCC(c2c(=O)n(-c3cncc(OC)c3)cc3c(C)cc(N)nc23)CC1)OCC. The molecule has 1 aliphatic carbocycles. The van der Waals surface area contributed by atoms with E-state index in [1.54, 1.807) is 50.2 Å². The number of hydrogen-bond acceptors (Lipinski definition) is 9. The fraction of sp³-hybridized carbons (Fsp3) is 0.500. The Morgan fingerprint density at radius 3 is 2.46 bits per heavy atom. The summed E-state index contributed by atoms with van der Waals surface area (Å²) in [4.78, 5) is 22.7. The van der Waals surface area contributed by atoms with Gasteiger partial charge in [0.2, 0.25) is 0 Å². The number of aromatic nitrogens is 3. The van der Waals surface area contributed by atoms with Gasteiger partial charge in [-0.2, -0.15) is 0 Å². The summed E-state index contributed by atoms with van der Waals surface area (Å²) in [5.74, 6) is 0.915. The number of nitrogen functional groups attached to an aromatic ring is 1. The van der Waals surface area contributed by atoms with E-state index in [9.17, 15) is 9.36 Å². The molecule has 1 aliphatic rings. The molecule has 37 heavy (non-hydrogen) atoms. The Hall–Kier alpha value is -2.78. The van der Waals surface area contributed by atoms with Gasteiger partial charge in [-0.25, -0.2) is 4.98 Å². The van der Waals surface area contributed by atoms with E-state index < -0.39 is 7.60 Å². The van der Waals surface area contributed by atoms with E-state index in [2.05, 4.69) is 9.97 Å². The highest BCUT2D eigenvalue weighted by Crippen LogP contribution is 2.49. The molecule has 0 unspecified atom stereocenters. The Labute approximate surface area is 216 Å². The highest BCUT2D eigenvalue weighted by atomic mass is 31.2. The van der Waals surface area contributed by atoms with Gasteiger partial charge in [-0.05, 0) is 64.0 Å². The van der Waals surface area contributed by atoms with E-state index in [1.165, 1.54) is 0 Å². The Morgan fingerprint density at radius 1 is 1.11 bits per heavy atom. The summed E-state index contributed by atoms with van der Waals surface area (Å²) in [6, 6.07) is 3.59. The number of pyridine rings is 3. The molecule has 3 aromatic rings. The number of aryl methyl sites for hydroxylation is 1. The van der Waals surface area contributed by atoms with E-state index in [-0.39, 0.29) is 23.9 Å². The average Bonchev–Trinajstić information content (AvgIpc) is 2.88. The molecule has 1 saturated carbocycles. The third-order valence-electron chi connectivity index (χ3n) is 6.66. The summed E-state index contributed by atoms with van der Waals surface area (Å²) >= 11 is 0. The van der Waals surface area contributed by atoms with Crippen molar-refractivity contribution >= 4 is 24.3 Å². The van der Waals surface area contributed by atoms with Crippen molar-refractivity contribution in [3.8, 4) is 11.4 Å². The van der Waals surface area contributed by atoms with Crippen LogP contribution in [0.1, 0.15) is 56.6 Å². The minimum Gasteiger partial charge on any atom is -0.495 e. The van der Waals surface area contributed by atoms with Crippen LogP contribution in [0.15, 0.2) is 35.5 Å². The van der Waals surface area contributed by atoms with Crippen LogP contribution in [0.4, 0.5) is 5.82 Å². The second-order valence-electron chi connectivity index (χ2n) is 9.14. The Bertz CT molecular complexity index is 1340. The van der Waals surface area contributed by atoms with Crippen LogP contribution < -0.4 is 16.0 Å². The van der Waals surface area contributed by atoms with E-state index in [0.717, 1.165) is 23.8 Å². The molecule has 0 spiro atoms. The van der Waals surface area contributed by atoms with Crippen LogP contribution in [0, 0.1) is 6.92 Å². The van der Waals surface area contributed by atoms with Crippen molar-refractivity contribution < 1.29 is 23.1 Å². The lowest BCUT2D eigenvalue weighted by atomic mass is 9.82. The number of ether oxygens (including phenoxy) is 2. The maximum Gasteiger partial charge on any atom is 0.356 e. The molecule has 4 rings (SSSR count). The number of nitrogens with zero attached hydrogens (tertiary/aromatic N) is 3. The van der Waals surface area contributed by atoms with E-state index in [0.29, 0.717) is 54.4 Å². The predicted octanol–water partition coefficient (Wildman–Crippen LogP) is 4.95. The van der Waals surface area contributed by atoms with Crippen LogP contribution in [0.3, 0.4) is 0 Å². The highest BCUT2D eigenvalue weighted by Gasteiger charge is 2.31. The lowest BCUT2D eigenvalue weighted by molar-refractivity contribution is 0.0378. The van der Waals surface area contributed by atoms with Crippen molar-refractivity contribution in [3.05, 3.63) is 52.2 Å². The molecule has 0 saturated heterocycles. The van der Waals surface area contributed by atoms with E-state index in [1.807, 2.05) is 13.0 Å². The smallest absolute Gasteiger partial charge is 0.356 e. The van der Waals surface area contributed by atoms with Gasteiger partial charge in [0.25, 0.3) is 5.56 Å². The minimum atomic E-state index is -3.27. The molecule has 3 aromatic heterocycles. The second kappa shape index (κ2) is 11.7. The molecule has 11 heteroatoms. The number of anilines is 1. The van der Waals surface area contributed by atoms with Gasteiger partial charge in [-0.3, -0.25) is 18.9 Å². The molecule has 0 radical (unpaired) electrons. The first-order chi connectivity index (χ1) is 17.8. The number of methoxy groups -OCH3 is 1. The third-order valence-corrected chi connectivity index (χ3v) is 8.43. The standard InChI is InChI=1S/C26H35N4O6P/c1-5-35-37(32,36-6-2)16-34-20-9-7-18(8-10-20)24-25-22(17(3)11-23(27)29-25)15-30(26(24)31)19-12-21(33-4)14-28-13-19/h11-15,18,20H,5-10,16H2,1-4H3,(H2,27,29). The van der Waals surface area contributed by atoms with Gasteiger partial charge in [0, 0.05) is 23.2 Å². The Kier molecular flexibility index (Phi) is 8.64. The number of nitrogens with two attached hydrogens (primary N) is 1.